The van der Waals surface area contributed by atoms with Gasteiger partial charge in [0.2, 0.25) is 5.91 Å². The highest BCUT2D eigenvalue weighted by molar-refractivity contribution is 5.79. The van der Waals surface area contributed by atoms with Crippen LogP contribution in [0.2, 0.25) is 0 Å². The molecule has 0 fully saturated rings. The van der Waals surface area contributed by atoms with Gasteiger partial charge in [-0.05, 0) is 17.9 Å². The summed E-state index contributed by atoms with van der Waals surface area (Å²) < 4.78 is 1.23. The van der Waals surface area contributed by atoms with Crippen molar-refractivity contribution in [2.45, 2.75) is 33.4 Å². The Morgan fingerprint density at radius 2 is 1.96 bits per heavy atom. The lowest BCUT2D eigenvalue weighted by molar-refractivity contribution is -0.138. The summed E-state index contributed by atoms with van der Waals surface area (Å²) in [6.45, 7) is 4.03. The molecule has 0 saturated heterocycles. The van der Waals surface area contributed by atoms with Gasteiger partial charge in [0.05, 0.1) is 12.7 Å². The number of amides is 1. The number of carboxylic acid groups (broad SMARTS) is 1. The van der Waals surface area contributed by atoms with E-state index in [2.05, 4.69) is 15.6 Å². The van der Waals surface area contributed by atoms with Crippen LogP contribution in [-0.2, 0) is 29.1 Å². The maximum absolute atomic E-state index is 12.5. The first kappa shape index (κ1) is 17.7. The molecule has 1 aromatic heterocycles. The van der Waals surface area contributed by atoms with Gasteiger partial charge in [-0.3, -0.25) is 9.59 Å². The molecule has 0 aliphatic carbocycles. The third-order valence-electron chi connectivity index (χ3n) is 3.77. The fraction of sp³-hybridized carbons (Fsp3) is 0.412. The number of aliphatic carboxylic acids is 1. The molecule has 128 valence electrons. The summed E-state index contributed by atoms with van der Waals surface area (Å²) in [5.41, 5.74) is 1.66. The van der Waals surface area contributed by atoms with E-state index in [9.17, 15) is 9.59 Å². The van der Waals surface area contributed by atoms with E-state index in [0.29, 0.717) is 12.1 Å². The lowest BCUT2D eigenvalue weighted by atomic mass is 9.88. The number of aromatic nitrogens is 3. The number of carboxylic acids is 1. The van der Waals surface area contributed by atoms with E-state index < -0.39 is 5.97 Å². The lowest BCUT2D eigenvalue weighted by Gasteiger charge is -2.20. The predicted molar refractivity (Wildman–Crippen MR) is 88.0 cm³/mol. The molecule has 0 aliphatic rings. The van der Waals surface area contributed by atoms with E-state index in [1.54, 1.807) is 0 Å². The van der Waals surface area contributed by atoms with Gasteiger partial charge in [-0.25, -0.2) is 4.68 Å². The van der Waals surface area contributed by atoms with Crippen molar-refractivity contribution in [2.24, 2.45) is 11.8 Å². The van der Waals surface area contributed by atoms with E-state index in [1.165, 1.54) is 10.9 Å². The summed E-state index contributed by atoms with van der Waals surface area (Å²) in [6.07, 6.45) is 2.20. The highest BCUT2D eigenvalue weighted by Crippen LogP contribution is 2.17. The lowest BCUT2D eigenvalue weighted by Crippen LogP contribution is -2.34. The van der Waals surface area contributed by atoms with Crippen molar-refractivity contribution in [1.82, 2.24) is 20.3 Å². The van der Waals surface area contributed by atoms with Crippen LogP contribution in [0.25, 0.3) is 0 Å². The van der Waals surface area contributed by atoms with Gasteiger partial charge in [-0.1, -0.05) is 49.4 Å². The van der Waals surface area contributed by atoms with Gasteiger partial charge in [0, 0.05) is 5.92 Å². The van der Waals surface area contributed by atoms with Crippen molar-refractivity contribution in [2.75, 3.05) is 0 Å². The van der Waals surface area contributed by atoms with Crippen LogP contribution in [0.5, 0.6) is 0 Å². The number of hydrogen-bond acceptors (Lipinski definition) is 4. The van der Waals surface area contributed by atoms with Crippen molar-refractivity contribution in [3.05, 3.63) is 47.8 Å². The number of hydrogen-bond donors (Lipinski definition) is 2. The third-order valence-corrected chi connectivity index (χ3v) is 3.77. The molecule has 24 heavy (non-hydrogen) atoms. The second-order valence-electron chi connectivity index (χ2n) is 6.06. The van der Waals surface area contributed by atoms with Crippen LogP contribution in [0.4, 0.5) is 0 Å². The minimum absolute atomic E-state index is 0.0402. The molecule has 1 atom stereocenters. The topological polar surface area (TPSA) is 97.1 Å². The molecule has 2 rings (SSSR count). The molecular formula is C17H22N4O3. The average molecular weight is 330 g/mol. The van der Waals surface area contributed by atoms with E-state index in [0.717, 1.165) is 5.56 Å². The summed E-state index contributed by atoms with van der Waals surface area (Å²) in [5.74, 6) is -0.964. The summed E-state index contributed by atoms with van der Waals surface area (Å²) in [4.78, 5) is 23.1. The van der Waals surface area contributed by atoms with Crippen LogP contribution in [0.1, 0.15) is 25.1 Å². The molecule has 2 aromatic rings. The van der Waals surface area contributed by atoms with Crippen molar-refractivity contribution < 1.29 is 14.7 Å². The first-order chi connectivity index (χ1) is 11.5. The van der Waals surface area contributed by atoms with Gasteiger partial charge in [0.15, 0.2) is 0 Å². The number of carbonyl (C=O) groups is 2. The smallest absolute Gasteiger partial charge is 0.325 e. The Hall–Kier alpha value is -2.70. The van der Waals surface area contributed by atoms with E-state index in [-0.39, 0.29) is 30.8 Å². The van der Waals surface area contributed by atoms with Crippen LogP contribution in [-0.4, -0.2) is 32.0 Å². The fourth-order valence-electron chi connectivity index (χ4n) is 2.44. The SMILES string of the molecule is CC(C)C(Cc1ccccc1)C(=O)NCc1cn(CC(=O)O)nn1. The van der Waals surface area contributed by atoms with Gasteiger partial charge in [0.25, 0.3) is 0 Å². The molecule has 7 nitrogen and oxygen atoms in total. The Kier molecular flexibility index (Phi) is 6.06. The minimum Gasteiger partial charge on any atom is -0.480 e. The van der Waals surface area contributed by atoms with Crippen molar-refractivity contribution >= 4 is 11.9 Å². The zero-order chi connectivity index (χ0) is 17.5. The average Bonchev–Trinajstić information content (AvgIpc) is 2.97. The van der Waals surface area contributed by atoms with Crippen LogP contribution in [0.3, 0.4) is 0 Å². The van der Waals surface area contributed by atoms with Crippen LogP contribution in [0.15, 0.2) is 36.5 Å². The Morgan fingerprint density at radius 3 is 2.58 bits per heavy atom. The van der Waals surface area contributed by atoms with Crippen LogP contribution in [0, 0.1) is 11.8 Å². The van der Waals surface area contributed by atoms with E-state index >= 15 is 0 Å². The molecular weight excluding hydrogens is 308 g/mol. The van der Waals surface area contributed by atoms with Gasteiger partial charge in [0.1, 0.15) is 12.2 Å². The minimum atomic E-state index is -0.988. The molecule has 0 spiro atoms. The molecule has 2 N–H and O–H groups in total. The molecule has 7 heteroatoms. The molecule has 0 bridgehead atoms. The van der Waals surface area contributed by atoms with Gasteiger partial charge < -0.3 is 10.4 Å². The standard InChI is InChI=1S/C17H22N4O3/c1-12(2)15(8-13-6-4-3-5-7-13)17(24)18-9-14-10-21(20-19-14)11-16(22)23/h3-7,10,12,15H,8-9,11H2,1-2H3,(H,18,24)(H,22,23). The zero-order valence-corrected chi connectivity index (χ0v) is 13.8. The molecule has 1 amide bonds. The Labute approximate surface area is 140 Å². The number of nitrogens with one attached hydrogen (secondary N) is 1. The summed E-state index contributed by atoms with van der Waals surface area (Å²) >= 11 is 0. The first-order valence-electron chi connectivity index (χ1n) is 7.88. The van der Waals surface area contributed by atoms with Gasteiger partial charge in [-0.2, -0.15) is 0 Å². The maximum Gasteiger partial charge on any atom is 0.325 e. The van der Waals surface area contributed by atoms with Gasteiger partial charge in [-0.15, -0.1) is 5.10 Å². The predicted octanol–water partition coefficient (Wildman–Crippen LogP) is 1.49. The summed E-state index contributed by atoms with van der Waals surface area (Å²) in [5, 5.41) is 19.2. The molecule has 0 aliphatic heterocycles. The van der Waals surface area contributed by atoms with E-state index in [4.69, 9.17) is 5.11 Å². The highest BCUT2D eigenvalue weighted by atomic mass is 16.4. The zero-order valence-electron chi connectivity index (χ0n) is 13.8. The number of nitrogens with zero attached hydrogens (tertiary/aromatic N) is 3. The molecule has 1 aromatic carbocycles. The second-order valence-corrected chi connectivity index (χ2v) is 6.06. The quantitative estimate of drug-likeness (QED) is 0.764. The number of carbonyl (C=O) groups excluding carboxylic acids is 1. The van der Waals surface area contributed by atoms with Crippen LogP contribution >= 0.6 is 0 Å². The Balaban J connectivity index is 1.93. The first-order valence-corrected chi connectivity index (χ1v) is 7.88. The Morgan fingerprint density at radius 1 is 1.25 bits per heavy atom. The Bertz CT molecular complexity index is 682. The monoisotopic (exact) mass is 330 g/mol. The third kappa shape index (κ3) is 5.19. The van der Waals surface area contributed by atoms with Crippen LogP contribution < -0.4 is 5.32 Å². The second kappa shape index (κ2) is 8.24. The highest BCUT2D eigenvalue weighted by Gasteiger charge is 2.22. The number of benzene rings is 1. The molecule has 0 radical (unpaired) electrons. The van der Waals surface area contributed by atoms with Gasteiger partial charge >= 0.3 is 5.97 Å². The molecule has 0 saturated carbocycles. The summed E-state index contributed by atoms with van der Waals surface area (Å²) in [6, 6.07) is 9.91. The summed E-state index contributed by atoms with van der Waals surface area (Å²) in [7, 11) is 0. The number of rotatable bonds is 8. The van der Waals surface area contributed by atoms with E-state index in [1.807, 2.05) is 44.2 Å². The van der Waals surface area contributed by atoms with Crippen molar-refractivity contribution in [3.8, 4) is 0 Å². The molecule has 1 heterocycles. The van der Waals surface area contributed by atoms with Crippen molar-refractivity contribution in [3.63, 3.8) is 0 Å². The maximum atomic E-state index is 12.5. The fourth-order valence-corrected chi connectivity index (χ4v) is 2.44. The largest absolute Gasteiger partial charge is 0.480 e. The molecule has 1 unspecified atom stereocenters. The normalized spacial score (nSPS) is 12.1. The van der Waals surface area contributed by atoms with Crippen molar-refractivity contribution in [1.29, 1.82) is 0 Å².